The van der Waals surface area contributed by atoms with E-state index in [-0.39, 0.29) is 23.5 Å². The van der Waals surface area contributed by atoms with E-state index >= 15 is 0 Å². The van der Waals surface area contributed by atoms with Crippen LogP contribution in [0.25, 0.3) is 0 Å². The maximum Gasteiger partial charge on any atom is 0.470 e. The third-order valence-corrected chi connectivity index (χ3v) is 6.30. The number of ether oxygens (including phenoxy) is 2. The molecule has 0 heterocycles. The van der Waals surface area contributed by atoms with E-state index in [0.717, 1.165) is 12.8 Å². The van der Waals surface area contributed by atoms with Gasteiger partial charge < -0.3 is 9.47 Å². The Morgan fingerprint density at radius 1 is 1.08 bits per heavy atom. The van der Waals surface area contributed by atoms with Crippen molar-refractivity contribution in [1.82, 2.24) is 0 Å². The lowest BCUT2D eigenvalue weighted by molar-refractivity contribution is -0.178. The van der Waals surface area contributed by atoms with Gasteiger partial charge in [-0.2, -0.15) is 17.2 Å². The number of hydrogen-bond donors (Lipinski definition) is 0. The van der Waals surface area contributed by atoms with Crippen LogP contribution in [0.5, 0.6) is 0 Å². The fourth-order valence-corrected chi connectivity index (χ4v) is 4.86. The number of rotatable bonds is 6. The molecule has 4 saturated carbocycles. The van der Waals surface area contributed by atoms with E-state index in [4.69, 9.17) is 4.74 Å². The number of carbonyl (C=O) groups is 3. The van der Waals surface area contributed by atoms with Gasteiger partial charge in [-0.05, 0) is 38.0 Å². The first-order valence-corrected chi connectivity index (χ1v) is 9.55. The van der Waals surface area contributed by atoms with Crippen LogP contribution in [0.4, 0.5) is 12.7 Å². The third-order valence-electron chi connectivity index (χ3n) is 5.52. The summed E-state index contributed by atoms with van der Waals surface area (Å²) in [5.41, 5.74) is -0.777. The van der Waals surface area contributed by atoms with E-state index in [2.05, 4.69) is 4.74 Å². The molecule has 4 rings (SSSR count). The Morgan fingerprint density at radius 2 is 1.62 bits per heavy atom. The average molecular weight is 398 g/mol. The van der Waals surface area contributed by atoms with E-state index in [1.54, 1.807) is 0 Å². The van der Waals surface area contributed by atoms with Crippen molar-refractivity contribution in [1.29, 1.82) is 0 Å². The molecule has 0 aromatic heterocycles. The lowest BCUT2D eigenvalue weighted by atomic mass is 9.49. The fourth-order valence-electron chi connectivity index (χ4n) is 4.60. The van der Waals surface area contributed by atoms with Crippen molar-refractivity contribution in [2.45, 2.75) is 37.4 Å². The third kappa shape index (κ3) is 3.10. The predicted molar refractivity (Wildman–Crippen MR) is 77.9 cm³/mol. The van der Waals surface area contributed by atoms with Gasteiger partial charge in [-0.1, -0.05) is 3.89 Å². The normalized spacial score (nSPS) is 33.2. The quantitative estimate of drug-likeness (QED) is 0.378. The number of carbonyl (C=O) groups excluding carboxylic acids is 3. The van der Waals surface area contributed by atoms with Gasteiger partial charge in [0.2, 0.25) is 0 Å². The summed E-state index contributed by atoms with van der Waals surface area (Å²) in [6.07, 6.45) is 2.94. The molecule has 7 nitrogen and oxygen atoms in total. The van der Waals surface area contributed by atoms with Gasteiger partial charge in [0.15, 0.2) is 0 Å². The molecule has 0 aromatic rings. The van der Waals surface area contributed by atoms with Crippen molar-refractivity contribution in [2.75, 3.05) is 13.2 Å². The van der Waals surface area contributed by atoms with Crippen LogP contribution in [0.3, 0.4) is 0 Å². The van der Waals surface area contributed by atoms with Crippen LogP contribution in [0, 0.1) is 23.2 Å². The molecular weight excluding hydrogens is 381 g/mol. The highest BCUT2D eigenvalue weighted by molar-refractivity contribution is 7.88. The minimum absolute atomic E-state index is 0.153. The number of halogens is 3. The fraction of sp³-hybridized carbons (Fsp3) is 0.800. The van der Waals surface area contributed by atoms with Crippen molar-refractivity contribution in [3.8, 4) is 0 Å². The van der Waals surface area contributed by atoms with Crippen molar-refractivity contribution >= 4 is 27.9 Å². The van der Waals surface area contributed by atoms with Crippen molar-refractivity contribution < 1.29 is 44.9 Å². The molecular formula is C15H17F3O7S. The van der Waals surface area contributed by atoms with Crippen molar-refractivity contribution in [2.24, 2.45) is 23.2 Å². The van der Waals surface area contributed by atoms with Gasteiger partial charge in [-0.25, -0.2) is 4.79 Å². The van der Waals surface area contributed by atoms with Crippen LogP contribution < -0.4 is 0 Å². The standard InChI is InChI=1S/C15H17F3O7S/c16-15(17,26(18,22)23)13(21)25-2-1-24-12(20)14-5-8-3-9(6-14)11(19)10(4-8)7-14/h8-10H,1-7H2. The lowest BCUT2D eigenvalue weighted by Crippen LogP contribution is -2.55. The zero-order chi connectivity index (χ0) is 19.3. The Kier molecular flexibility index (Phi) is 4.56. The Labute approximate surface area is 147 Å². The largest absolute Gasteiger partial charge is 0.470 e. The minimum atomic E-state index is -6.44. The maximum atomic E-state index is 12.9. The number of hydrogen-bond acceptors (Lipinski definition) is 7. The predicted octanol–water partition coefficient (Wildman–Crippen LogP) is 1.36. The molecule has 4 fully saturated rings. The Balaban J connectivity index is 1.51. The molecule has 146 valence electrons. The van der Waals surface area contributed by atoms with Gasteiger partial charge in [-0.3, -0.25) is 9.59 Å². The maximum absolute atomic E-state index is 12.9. The molecule has 26 heavy (non-hydrogen) atoms. The second-order valence-electron chi connectivity index (χ2n) is 7.25. The topological polar surface area (TPSA) is 104 Å². The second-order valence-corrected chi connectivity index (χ2v) is 8.64. The van der Waals surface area contributed by atoms with Crippen LogP contribution in [-0.4, -0.2) is 44.6 Å². The SMILES string of the molecule is O=C1C2CC3CC1CC(C(=O)OCCOC(=O)C(F)(F)S(=O)(=O)F)(C3)C2. The van der Waals surface area contributed by atoms with E-state index in [0.29, 0.717) is 19.3 Å². The highest BCUT2D eigenvalue weighted by Gasteiger charge is 2.59. The molecule has 0 saturated heterocycles. The van der Waals surface area contributed by atoms with Gasteiger partial charge in [0.1, 0.15) is 19.0 Å². The first-order chi connectivity index (χ1) is 12.0. The van der Waals surface area contributed by atoms with E-state index < -0.39 is 46.0 Å². The van der Waals surface area contributed by atoms with Gasteiger partial charge in [0, 0.05) is 11.8 Å². The molecule has 0 amide bonds. The molecule has 4 aliphatic carbocycles. The summed E-state index contributed by atoms with van der Waals surface area (Å²) >= 11 is 0. The molecule has 0 N–H and O–H groups in total. The molecule has 11 heteroatoms. The van der Waals surface area contributed by atoms with Crippen LogP contribution in [0.2, 0.25) is 0 Å². The zero-order valence-corrected chi connectivity index (χ0v) is 14.4. The van der Waals surface area contributed by atoms with E-state index in [1.165, 1.54) is 0 Å². The number of Topliss-reactive ketones (excluding diaryl/α,β-unsaturated/α-hetero) is 1. The lowest BCUT2D eigenvalue weighted by Gasteiger charge is -2.53. The highest BCUT2D eigenvalue weighted by Crippen LogP contribution is 2.59. The first kappa shape index (κ1) is 19.1. The number of alkyl halides is 2. The molecule has 4 bridgehead atoms. The van der Waals surface area contributed by atoms with Crippen LogP contribution in [0.1, 0.15) is 32.1 Å². The summed E-state index contributed by atoms with van der Waals surface area (Å²) in [5, 5.41) is -5.31. The molecule has 0 radical (unpaired) electrons. The van der Waals surface area contributed by atoms with Gasteiger partial charge in [-0.15, -0.1) is 0 Å². The summed E-state index contributed by atoms with van der Waals surface area (Å²) in [6, 6.07) is 0. The summed E-state index contributed by atoms with van der Waals surface area (Å²) in [5.74, 6) is -2.99. The molecule has 4 aliphatic rings. The van der Waals surface area contributed by atoms with Gasteiger partial charge in [0.25, 0.3) is 0 Å². The molecule has 2 unspecified atom stereocenters. The average Bonchev–Trinajstić information content (AvgIpc) is 2.54. The Hall–Kier alpha value is -1.65. The van der Waals surface area contributed by atoms with Gasteiger partial charge >= 0.3 is 27.4 Å². The summed E-state index contributed by atoms with van der Waals surface area (Å²) in [7, 11) is -6.44. The first-order valence-electron chi connectivity index (χ1n) is 8.16. The van der Waals surface area contributed by atoms with Crippen molar-refractivity contribution in [3.63, 3.8) is 0 Å². The van der Waals surface area contributed by atoms with Crippen LogP contribution >= 0.6 is 0 Å². The monoisotopic (exact) mass is 398 g/mol. The molecule has 0 spiro atoms. The minimum Gasteiger partial charge on any atom is -0.462 e. The molecule has 0 aromatic carbocycles. The summed E-state index contributed by atoms with van der Waals surface area (Å²) in [4.78, 5) is 35.5. The summed E-state index contributed by atoms with van der Waals surface area (Å²) in [6.45, 7) is -1.40. The van der Waals surface area contributed by atoms with Crippen LogP contribution in [-0.2, 0) is 34.1 Å². The van der Waals surface area contributed by atoms with Gasteiger partial charge in [0.05, 0.1) is 5.41 Å². The van der Waals surface area contributed by atoms with E-state index in [1.807, 2.05) is 0 Å². The zero-order valence-electron chi connectivity index (χ0n) is 13.6. The van der Waals surface area contributed by atoms with Crippen molar-refractivity contribution in [3.05, 3.63) is 0 Å². The highest BCUT2D eigenvalue weighted by atomic mass is 32.3. The van der Waals surface area contributed by atoms with Crippen LogP contribution in [0.15, 0.2) is 0 Å². The van der Waals surface area contributed by atoms with E-state index in [9.17, 15) is 35.5 Å². The second kappa shape index (κ2) is 6.21. The Bertz CT molecular complexity index is 730. The molecule has 0 aliphatic heterocycles. The smallest absolute Gasteiger partial charge is 0.462 e. The number of ketones is 1. The number of esters is 2. The Morgan fingerprint density at radius 3 is 2.15 bits per heavy atom. The molecule has 2 atom stereocenters. The summed E-state index contributed by atoms with van der Waals surface area (Å²) < 4.78 is 67.4.